The molecule has 1 aromatic heterocycles. The van der Waals surface area contributed by atoms with Crippen molar-refractivity contribution in [1.29, 1.82) is 0 Å². The normalized spacial score (nSPS) is 12.2. The molecule has 0 saturated heterocycles. The van der Waals surface area contributed by atoms with Gasteiger partial charge in [0.15, 0.2) is 0 Å². The van der Waals surface area contributed by atoms with E-state index in [2.05, 4.69) is 17.2 Å². The number of aromatic nitrogens is 1. The number of pyridine rings is 1. The van der Waals surface area contributed by atoms with Gasteiger partial charge in [-0.25, -0.2) is 4.98 Å². The molecule has 3 N–H and O–H groups in total. The van der Waals surface area contributed by atoms with Crippen LogP contribution in [0.1, 0.15) is 32.6 Å². The third-order valence-corrected chi connectivity index (χ3v) is 3.15. The highest BCUT2D eigenvalue weighted by Crippen LogP contribution is 2.16. The first kappa shape index (κ1) is 14.9. The van der Waals surface area contributed by atoms with E-state index in [0.717, 1.165) is 19.3 Å². The summed E-state index contributed by atoms with van der Waals surface area (Å²) < 4.78 is 0. The number of carbonyl (C=O) groups is 1. The third kappa shape index (κ3) is 5.47. The van der Waals surface area contributed by atoms with Crippen molar-refractivity contribution in [2.75, 3.05) is 11.9 Å². The number of hydrogen-bond donors (Lipinski definition) is 2. The van der Waals surface area contributed by atoms with E-state index in [1.807, 2.05) is 0 Å². The van der Waals surface area contributed by atoms with Crippen LogP contribution >= 0.6 is 11.6 Å². The van der Waals surface area contributed by atoms with Gasteiger partial charge in [-0.3, -0.25) is 4.79 Å². The van der Waals surface area contributed by atoms with Gasteiger partial charge in [0.2, 0.25) is 5.91 Å². The Balaban J connectivity index is 2.37. The Morgan fingerprint density at radius 1 is 1.56 bits per heavy atom. The summed E-state index contributed by atoms with van der Waals surface area (Å²) in [6.45, 7) is 2.81. The minimum Gasteiger partial charge on any atom is -0.330 e. The van der Waals surface area contributed by atoms with Crippen LogP contribution in [0.2, 0.25) is 5.15 Å². The lowest BCUT2D eigenvalue weighted by Gasteiger charge is -2.13. The second kappa shape index (κ2) is 8.06. The van der Waals surface area contributed by atoms with Crippen molar-refractivity contribution in [2.24, 2.45) is 11.7 Å². The summed E-state index contributed by atoms with van der Waals surface area (Å²) in [7, 11) is 0. The molecule has 0 spiro atoms. The lowest BCUT2D eigenvalue weighted by atomic mass is 9.96. The molecular formula is C13H20ClN3O. The first-order valence-corrected chi connectivity index (χ1v) is 6.65. The summed E-state index contributed by atoms with van der Waals surface area (Å²) in [5.41, 5.74) is 6.22. The van der Waals surface area contributed by atoms with Crippen LogP contribution in [0.4, 0.5) is 5.69 Å². The Morgan fingerprint density at radius 2 is 2.33 bits per heavy atom. The van der Waals surface area contributed by atoms with Gasteiger partial charge in [-0.05, 0) is 37.4 Å². The largest absolute Gasteiger partial charge is 0.330 e. The van der Waals surface area contributed by atoms with Gasteiger partial charge in [-0.2, -0.15) is 0 Å². The Kier molecular flexibility index (Phi) is 6.68. The topological polar surface area (TPSA) is 68.0 Å². The molecule has 0 bridgehead atoms. The van der Waals surface area contributed by atoms with Gasteiger partial charge in [-0.1, -0.05) is 24.9 Å². The van der Waals surface area contributed by atoms with E-state index in [-0.39, 0.29) is 5.91 Å². The SMILES string of the molecule is CCC(CCN)CCC(=O)Nc1ccnc(Cl)c1. The minimum atomic E-state index is 0.00716. The Labute approximate surface area is 113 Å². The molecule has 0 aliphatic rings. The monoisotopic (exact) mass is 269 g/mol. The fourth-order valence-corrected chi connectivity index (χ4v) is 2.00. The fourth-order valence-electron chi connectivity index (χ4n) is 1.83. The van der Waals surface area contributed by atoms with Gasteiger partial charge >= 0.3 is 0 Å². The van der Waals surface area contributed by atoms with Crippen LogP contribution in [-0.2, 0) is 4.79 Å². The molecule has 0 saturated carbocycles. The van der Waals surface area contributed by atoms with E-state index in [4.69, 9.17) is 17.3 Å². The molecule has 18 heavy (non-hydrogen) atoms. The molecule has 0 fully saturated rings. The second-order valence-electron chi connectivity index (χ2n) is 4.31. The lowest BCUT2D eigenvalue weighted by molar-refractivity contribution is -0.116. The molecule has 1 amide bonds. The zero-order valence-corrected chi connectivity index (χ0v) is 11.4. The average Bonchev–Trinajstić information content (AvgIpc) is 2.34. The highest BCUT2D eigenvalue weighted by molar-refractivity contribution is 6.29. The number of halogens is 1. The molecular weight excluding hydrogens is 250 g/mol. The number of amides is 1. The van der Waals surface area contributed by atoms with Crippen molar-refractivity contribution < 1.29 is 4.79 Å². The Hall–Kier alpha value is -1.13. The molecule has 1 unspecified atom stereocenters. The summed E-state index contributed by atoms with van der Waals surface area (Å²) in [6, 6.07) is 3.36. The number of carbonyl (C=O) groups excluding carboxylic acids is 1. The fraction of sp³-hybridized carbons (Fsp3) is 0.538. The summed E-state index contributed by atoms with van der Waals surface area (Å²) in [5, 5.41) is 3.19. The standard InChI is InChI=1S/C13H20ClN3O/c1-2-10(5-7-15)3-4-13(18)17-11-6-8-16-12(14)9-11/h6,8-10H,2-5,7,15H2,1H3,(H,16,17,18). The molecule has 4 nitrogen and oxygen atoms in total. The number of nitrogens with one attached hydrogen (secondary N) is 1. The van der Waals surface area contributed by atoms with Gasteiger partial charge < -0.3 is 11.1 Å². The Bertz CT molecular complexity index is 384. The number of nitrogens with zero attached hydrogens (tertiary/aromatic N) is 1. The highest BCUT2D eigenvalue weighted by atomic mass is 35.5. The summed E-state index contributed by atoms with van der Waals surface area (Å²) in [5.74, 6) is 0.537. The number of anilines is 1. The molecule has 0 aromatic carbocycles. The van der Waals surface area contributed by atoms with E-state index in [9.17, 15) is 4.79 Å². The van der Waals surface area contributed by atoms with E-state index in [1.54, 1.807) is 18.3 Å². The van der Waals surface area contributed by atoms with E-state index in [1.165, 1.54) is 0 Å². The maximum Gasteiger partial charge on any atom is 0.224 e. The van der Waals surface area contributed by atoms with Crippen LogP contribution in [0.25, 0.3) is 0 Å². The maximum absolute atomic E-state index is 11.7. The summed E-state index contributed by atoms with van der Waals surface area (Å²) >= 11 is 5.74. The van der Waals surface area contributed by atoms with Crippen molar-refractivity contribution in [1.82, 2.24) is 4.98 Å². The second-order valence-corrected chi connectivity index (χ2v) is 4.69. The molecule has 0 radical (unpaired) electrons. The van der Waals surface area contributed by atoms with Crippen LogP contribution < -0.4 is 11.1 Å². The highest BCUT2D eigenvalue weighted by Gasteiger charge is 2.09. The Morgan fingerprint density at radius 3 is 2.94 bits per heavy atom. The molecule has 100 valence electrons. The molecule has 0 aliphatic heterocycles. The molecule has 1 atom stereocenters. The van der Waals surface area contributed by atoms with Crippen molar-refractivity contribution in [3.63, 3.8) is 0 Å². The first-order chi connectivity index (χ1) is 8.65. The van der Waals surface area contributed by atoms with Crippen LogP contribution in [0, 0.1) is 5.92 Å². The quantitative estimate of drug-likeness (QED) is 0.748. The average molecular weight is 270 g/mol. The van der Waals surface area contributed by atoms with Crippen molar-refractivity contribution in [3.8, 4) is 0 Å². The molecule has 0 aliphatic carbocycles. The zero-order valence-electron chi connectivity index (χ0n) is 10.7. The summed E-state index contributed by atoms with van der Waals surface area (Å²) in [4.78, 5) is 15.6. The van der Waals surface area contributed by atoms with E-state index in [0.29, 0.717) is 29.7 Å². The van der Waals surface area contributed by atoms with Crippen LogP contribution in [-0.4, -0.2) is 17.4 Å². The van der Waals surface area contributed by atoms with E-state index < -0.39 is 0 Å². The van der Waals surface area contributed by atoms with Gasteiger partial charge in [0.1, 0.15) is 5.15 Å². The third-order valence-electron chi connectivity index (χ3n) is 2.94. The van der Waals surface area contributed by atoms with Crippen LogP contribution in [0.3, 0.4) is 0 Å². The number of rotatable bonds is 7. The van der Waals surface area contributed by atoms with Gasteiger partial charge in [0.05, 0.1) is 0 Å². The summed E-state index contributed by atoms with van der Waals surface area (Å²) in [6.07, 6.45) is 4.99. The predicted octanol–water partition coefficient (Wildman–Crippen LogP) is 2.83. The van der Waals surface area contributed by atoms with Gasteiger partial charge in [-0.15, -0.1) is 0 Å². The van der Waals surface area contributed by atoms with Crippen molar-refractivity contribution >= 4 is 23.2 Å². The van der Waals surface area contributed by atoms with Gasteiger partial charge in [0.25, 0.3) is 0 Å². The van der Waals surface area contributed by atoms with Gasteiger partial charge in [0, 0.05) is 18.3 Å². The lowest BCUT2D eigenvalue weighted by Crippen LogP contribution is -2.15. The van der Waals surface area contributed by atoms with Crippen molar-refractivity contribution in [3.05, 3.63) is 23.5 Å². The molecule has 5 heteroatoms. The van der Waals surface area contributed by atoms with Crippen LogP contribution in [0.5, 0.6) is 0 Å². The van der Waals surface area contributed by atoms with E-state index >= 15 is 0 Å². The minimum absolute atomic E-state index is 0.00716. The first-order valence-electron chi connectivity index (χ1n) is 6.27. The molecule has 1 rings (SSSR count). The smallest absolute Gasteiger partial charge is 0.224 e. The molecule has 1 heterocycles. The maximum atomic E-state index is 11.7. The van der Waals surface area contributed by atoms with Crippen molar-refractivity contribution in [2.45, 2.75) is 32.6 Å². The van der Waals surface area contributed by atoms with Crippen LogP contribution in [0.15, 0.2) is 18.3 Å². The number of hydrogen-bond acceptors (Lipinski definition) is 3. The molecule has 1 aromatic rings. The zero-order chi connectivity index (χ0) is 13.4. The predicted molar refractivity (Wildman–Crippen MR) is 74.6 cm³/mol. The number of nitrogens with two attached hydrogens (primary N) is 1.